The maximum atomic E-state index is 13.2. The molecule has 2 unspecified atom stereocenters. The number of fused-ring (bicyclic) bond motifs is 1. The quantitative estimate of drug-likeness (QED) is 0.862. The van der Waals surface area contributed by atoms with E-state index in [-0.39, 0.29) is 36.9 Å². The fourth-order valence-electron chi connectivity index (χ4n) is 3.64. The van der Waals surface area contributed by atoms with Crippen LogP contribution in [0.3, 0.4) is 0 Å². The van der Waals surface area contributed by atoms with E-state index in [0.29, 0.717) is 5.69 Å². The molecule has 0 aliphatic carbocycles. The van der Waals surface area contributed by atoms with Crippen LogP contribution in [0, 0.1) is 0 Å². The van der Waals surface area contributed by atoms with Crippen LogP contribution in [0.2, 0.25) is 0 Å². The monoisotopic (exact) mass is 381 g/mol. The number of carbonyl (C=O) groups excluding carboxylic acids is 2. The molecular formula is C22H27N3O3. The van der Waals surface area contributed by atoms with Crippen LogP contribution in [0.1, 0.15) is 31.9 Å². The number of amides is 2. The van der Waals surface area contributed by atoms with E-state index in [9.17, 15) is 9.59 Å². The van der Waals surface area contributed by atoms with E-state index >= 15 is 0 Å². The van der Waals surface area contributed by atoms with E-state index in [1.54, 1.807) is 12.0 Å². The first kappa shape index (κ1) is 19.9. The van der Waals surface area contributed by atoms with Crippen LogP contribution in [0.15, 0.2) is 48.5 Å². The van der Waals surface area contributed by atoms with Gasteiger partial charge in [0.2, 0.25) is 11.8 Å². The Hall–Kier alpha value is -2.86. The van der Waals surface area contributed by atoms with Gasteiger partial charge in [-0.15, -0.1) is 0 Å². The van der Waals surface area contributed by atoms with E-state index in [1.165, 1.54) is 0 Å². The van der Waals surface area contributed by atoms with Gasteiger partial charge in [-0.25, -0.2) is 0 Å². The van der Waals surface area contributed by atoms with Crippen LogP contribution in [0.5, 0.6) is 5.75 Å². The molecule has 0 aromatic heterocycles. The van der Waals surface area contributed by atoms with Crippen molar-refractivity contribution in [2.24, 2.45) is 0 Å². The number of benzene rings is 2. The van der Waals surface area contributed by atoms with Gasteiger partial charge in [0.25, 0.3) is 0 Å². The van der Waals surface area contributed by atoms with Gasteiger partial charge in [0.05, 0.1) is 25.0 Å². The Morgan fingerprint density at radius 1 is 1.25 bits per heavy atom. The summed E-state index contributed by atoms with van der Waals surface area (Å²) in [6, 6.07) is 15.0. The number of hydrogen-bond donors (Lipinski definition) is 1. The number of carbonyl (C=O) groups is 2. The molecule has 2 atom stereocenters. The molecule has 6 heteroatoms. The average Bonchev–Trinajstić information content (AvgIpc) is 2.81. The number of nitrogens with one attached hydrogen (secondary N) is 1. The zero-order chi connectivity index (χ0) is 20.3. The third-order valence-electron chi connectivity index (χ3n) is 5.26. The first-order chi connectivity index (χ1) is 13.4. The third kappa shape index (κ3) is 4.02. The Balaban J connectivity index is 1.82. The molecule has 1 aliphatic rings. The molecule has 0 saturated heterocycles. The summed E-state index contributed by atoms with van der Waals surface area (Å²) in [7, 11) is 3.57. The van der Waals surface area contributed by atoms with Crippen LogP contribution in [-0.2, 0) is 9.59 Å². The fraction of sp³-hybridized carbons (Fsp3) is 0.364. The predicted octanol–water partition coefficient (Wildman–Crippen LogP) is 3.45. The molecule has 28 heavy (non-hydrogen) atoms. The topological polar surface area (TPSA) is 61.9 Å². The Morgan fingerprint density at radius 3 is 2.68 bits per heavy atom. The lowest BCUT2D eigenvalue weighted by Gasteiger charge is -2.32. The Bertz CT molecular complexity index is 868. The number of anilines is 2. The number of rotatable bonds is 5. The summed E-state index contributed by atoms with van der Waals surface area (Å²) in [5, 5.41) is 2.89. The van der Waals surface area contributed by atoms with E-state index in [4.69, 9.17) is 4.74 Å². The molecule has 2 aromatic rings. The average molecular weight is 381 g/mol. The van der Waals surface area contributed by atoms with Crippen molar-refractivity contribution in [2.75, 3.05) is 30.9 Å². The number of ether oxygens (including phenoxy) is 1. The van der Waals surface area contributed by atoms with Crippen molar-refractivity contribution in [3.05, 3.63) is 54.1 Å². The molecule has 1 aliphatic heterocycles. The van der Waals surface area contributed by atoms with Gasteiger partial charge in [-0.2, -0.15) is 0 Å². The lowest BCUT2D eigenvalue weighted by atomic mass is 10.1. The van der Waals surface area contributed by atoms with E-state index in [2.05, 4.69) is 12.2 Å². The summed E-state index contributed by atoms with van der Waals surface area (Å²) >= 11 is 0. The molecular weight excluding hydrogens is 354 g/mol. The second kappa shape index (κ2) is 8.44. The zero-order valence-electron chi connectivity index (χ0n) is 16.8. The van der Waals surface area contributed by atoms with E-state index in [1.807, 2.05) is 67.4 Å². The second-order valence-corrected chi connectivity index (χ2v) is 7.22. The lowest BCUT2D eigenvalue weighted by Crippen LogP contribution is -2.44. The summed E-state index contributed by atoms with van der Waals surface area (Å²) in [5.41, 5.74) is 2.44. The standard InChI is InChI=1S/C22H27N3O3/c1-15-13-21(26)23-18-10-6-7-11-19(18)25(15)22(27)14-24(3)16(2)17-9-5-8-12-20(17)28-4/h5-12,15-16H,13-14H2,1-4H3,(H,23,26). The van der Waals surface area contributed by atoms with Crippen LogP contribution in [0.25, 0.3) is 0 Å². The summed E-state index contributed by atoms with van der Waals surface area (Å²) < 4.78 is 5.46. The summed E-state index contributed by atoms with van der Waals surface area (Å²) in [6.07, 6.45) is 0.270. The van der Waals surface area contributed by atoms with Crippen molar-refractivity contribution in [1.82, 2.24) is 4.90 Å². The number of para-hydroxylation sites is 3. The van der Waals surface area contributed by atoms with Gasteiger partial charge in [0, 0.05) is 24.1 Å². The third-order valence-corrected chi connectivity index (χ3v) is 5.26. The van der Waals surface area contributed by atoms with Gasteiger partial charge in [-0.05, 0) is 39.1 Å². The Kier molecular flexibility index (Phi) is 5.99. The van der Waals surface area contributed by atoms with Crippen molar-refractivity contribution in [1.29, 1.82) is 0 Å². The molecule has 1 N–H and O–H groups in total. The van der Waals surface area contributed by atoms with Crippen LogP contribution in [-0.4, -0.2) is 43.5 Å². The molecule has 0 spiro atoms. The maximum absolute atomic E-state index is 13.2. The van der Waals surface area contributed by atoms with Crippen LogP contribution >= 0.6 is 0 Å². The Labute approximate surface area is 166 Å². The van der Waals surface area contributed by atoms with Gasteiger partial charge in [0.15, 0.2) is 0 Å². The molecule has 2 aromatic carbocycles. The summed E-state index contributed by atoms with van der Waals surface area (Å²) in [6.45, 7) is 4.19. The minimum Gasteiger partial charge on any atom is -0.496 e. The van der Waals surface area contributed by atoms with Gasteiger partial charge >= 0.3 is 0 Å². The number of methoxy groups -OCH3 is 1. The first-order valence-electron chi connectivity index (χ1n) is 9.46. The largest absolute Gasteiger partial charge is 0.496 e. The molecule has 0 bridgehead atoms. The highest BCUT2D eigenvalue weighted by molar-refractivity contribution is 6.04. The van der Waals surface area contributed by atoms with Crippen molar-refractivity contribution in [2.45, 2.75) is 32.4 Å². The van der Waals surface area contributed by atoms with Gasteiger partial charge in [-0.1, -0.05) is 30.3 Å². The summed E-state index contributed by atoms with van der Waals surface area (Å²) in [5.74, 6) is 0.685. The normalized spacial score (nSPS) is 17.5. The molecule has 0 fully saturated rings. The highest BCUT2D eigenvalue weighted by atomic mass is 16.5. The molecule has 6 nitrogen and oxygen atoms in total. The van der Waals surface area contributed by atoms with Gasteiger partial charge < -0.3 is 15.0 Å². The molecule has 2 amide bonds. The second-order valence-electron chi connectivity index (χ2n) is 7.22. The van der Waals surface area contributed by atoms with Crippen molar-refractivity contribution in [3.63, 3.8) is 0 Å². The summed E-state index contributed by atoms with van der Waals surface area (Å²) in [4.78, 5) is 29.1. The highest BCUT2D eigenvalue weighted by Gasteiger charge is 2.30. The number of likely N-dealkylation sites (N-methyl/N-ethyl adjacent to an activating group) is 1. The lowest BCUT2D eigenvalue weighted by molar-refractivity contribution is -0.120. The number of hydrogen-bond acceptors (Lipinski definition) is 4. The smallest absolute Gasteiger partial charge is 0.241 e. The van der Waals surface area contributed by atoms with Crippen molar-refractivity contribution < 1.29 is 14.3 Å². The molecule has 0 radical (unpaired) electrons. The fourth-order valence-corrected chi connectivity index (χ4v) is 3.64. The molecule has 0 saturated carbocycles. The molecule has 3 rings (SSSR count). The molecule has 1 heterocycles. The first-order valence-corrected chi connectivity index (χ1v) is 9.46. The minimum atomic E-state index is -0.217. The van der Waals surface area contributed by atoms with E-state index in [0.717, 1.165) is 17.0 Å². The van der Waals surface area contributed by atoms with Crippen LogP contribution in [0.4, 0.5) is 11.4 Å². The minimum absolute atomic E-state index is 0.00242. The zero-order valence-corrected chi connectivity index (χ0v) is 16.8. The Morgan fingerprint density at radius 2 is 1.93 bits per heavy atom. The van der Waals surface area contributed by atoms with E-state index < -0.39 is 0 Å². The SMILES string of the molecule is COc1ccccc1C(C)N(C)CC(=O)N1c2ccccc2NC(=O)CC1C. The van der Waals surface area contributed by atoms with Crippen molar-refractivity contribution >= 4 is 23.2 Å². The maximum Gasteiger partial charge on any atom is 0.241 e. The van der Waals surface area contributed by atoms with Gasteiger partial charge in [0.1, 0.15) is 5.75 Å². The van der Waals surface area contributed by atoms with Crippen molar-refractivity contribution in [3.8, 4) is 5.75 Å². The highest BCUT2D eigenvalue weighted by Crippen LogP contribution is 2.32. The predicted molar refractivity (Wildman–Crippen MR) is 111 cm³/mol. The number of nitrogens with zero attached hydrogens (tertiary/aromatic N) is 2. The van der Waals surface area contributed by atoms with Gasteiger partial charge in [-0.3, -0.25) is 14.5 Å². The van der Waals surface area contributed by atoms with Crippen LogP contribution < -0.4 is 15.0 Å². The molecule has 148 valence electrons.